The molecule has 2 aromatic rings. The van der Waals surface area contributed by atoms with Crippen LogP contribution in [0.5, 0.6) is 11.5 Å². The topological polar surface area (TPSA) is 31.0 Å². The summed E-state index contributed by atoms with van der Waals surface area (Å²) in [5.41, 5.74) is 0.998. The fraction of sp³-hybridized carbons (Fsp3) is 0.250. The quantitative estimate of drug-likeness (QED) is 0.758. The number of hydrogen-bond acceptors (Lipinski definition) is 3. The second-order valence-corrected chi connectivity index (χ2v) is 4.63. The first-order chi connectivity index (χ1) is 9.81. The lowest BCUT2D eigenvalue weighted by atomic mass is 10.2. The number of halogens is 1. The first-order valence-corrected chi connectivity index (χ1v) is 6.52. The molecule has 0 saturated carbocycles. The summed E-state index contributed by atoms with van der Waals surface area (Å²) in [7, 11) is 0. The average Bonchev–Trinajstić information content (AvgIpc) is 3.29. The molecule has 20 heavy (non-hydrogen) atoms. The molecule has 0 unspecified atom stereocenters. The van der Waals surface area contributed by atoms with E-state index in [1.165, 1.54) is 6.07 Å². The Kier molecular flexibility index (Phi) is 3.83. The molecule has 1 aliphatic rings. The Balaban J connectivity index is 1.58. The van der Waals surface area contributed by atoms with Crippen molar-refractivity contribution in [3.8, 4) is 11.5 Å². The monoisotopic (exact) mass is 274 g/mol. The summed E-state index contributed by atoms with van der Waals surface area (Å²) in [5, 5.41) is 0. The molecular formula is C16H15FO3. The number of rotatable bonds is 6. The van der Waals surface area contributed by atoms with Crippen molar-refractivity contribution in [1.82, 2.24) is 0 Å². The Morgan fingerprint density at radius 2 is 1.90 bits per heavy atom. The van der Waals surface area contributed by atoms with Crippen molar-refractivity contribution in [2.75, 3.05) is 13.2 Å². The van der Waals surface area contributed by atoms with Crippen LogP contribution in [0.2, 0.25) is 0 Å². The summed E-state index contributed by atoms with van der Waals surface area (Å²) in [6.07, 6.45) is 0.159. The molecule has 0 N–H and O–H groups in total. The van der Waals surface area contributed by atoms with E-state index in [0.717, 1.165) is 12.2 Å². The first-order valence-electron chi connectivity index (χ1n) is 6.52. The number of hydrogen-bond donors (Lipinski definition) is 0. The van der Waals surface area contributed by atoms with Crippen LogP contribution in [-0.2, 0) is 11.3 Å². The highest BCUT2D eigenvalue weighted by molar-refractivity contribution is 5.33. The van der Waals surface area contributed by atoms with Crippen LogP contribution in [-0.4, -0.2) is 19.3 Å². The summed E-state index contributed by atoms with van der Waals surface area (Å²) >= 11 is 0. The Hall–Kier alpha value is -2.07. The van der Waals surface area contributed by atoms with Gasteiger partial charge in [-0.15, -0.1) is 0 Å². The largest absolute Gasteiger partial charge is 0.491 e. The van der Waals surface area contributed by atoms with E-state index in [2.05, 4.69) is 0 Å². The number of ether oxygens (including phenoxy) is 3. The van der Waals surface area contributed by atoms with Crippen LogP contribution in [0, 0.1) is 5.82 Å². The van der Waals surface area contributed by atoms with Crippen molar-refractivity contribution in [2.45, 2.75) is 12.7 Å². The highest BCUT2D eigenvalue weighted by Crippen LogP contribution is 2.24. The number of epoxide rings is 1. The van der Waals surface area contributed by atoms with Crippen LogP contribution in [0.15, 0.2) is 48.5 Å². The molecule has 0 aliphatic carbocycles. The molecule has 2 aromatic carbocycles. The first kappa shape index (κ1) is 12.9. The zero-order chi connectivity index (χ0) is 13.8. The minimum absolute atomic E-state index is 0.159. The lowest BCUT2D eigenvalue weighted by molar-refractivity contribution is 0.259. The molecule has 0 bridgehead atoms. The Bertz CT molecular complexity index is 567. The minimum atomic E-state index is -0.421. The third-order valence-electron chi connectivity index (χ3n) is 2.98. The van der Waals surface area contributed by atoms with Gasteiger partial charge in [0.2, 0.25) is 0 Å². The van der Waals surface area contributed by atoms with Crippen LogP contribution >= 0.6 is 0 Å². The van der Waals surface area contributed by atoms with Crippen LogP contribution in [0.1, 0.15) is 5.56 Å². The fourth-order valence-electron chi connectivity index (χ4n) is 1.78. The predicted molar refractivity (Wildman–Crippen MR) is 72.4 cm³/mol. The van der Waals surface area contributed by atoms with E-state index in [1.807, 2.05) is 30.3 Å². The molecule has 104 valence electrons. The molecule has 3 rings (SSSR count). The van der Waals surface area contributed by atoms with E-state index >= 15 is 0 Å². The Morgan fingerprint density at radius 3 is 2.60 bits per heavy atom. The molecule has 0 amide bonds. The van der Waals surface area contributed by atoms with E-state index < -0.39 is 5.82 Å². The molecule has 0 spiro atoms. The van der Waals surface area contributed by atoms with Gasteiger partial charge in [-0.25, -0.2) is 4.39 Å². The minimum Gasteiger partial charge on any atom is -0.491 e. The summed E-state index contributed by atoms with van der Waals surface area (Å²) in [6, 6.07) is 14.3. The molecular weight excluding hydrogens is 259 g/mol. The van der Waals surface area contributed by atoms with Crippen molar-refractivity contribution in [1.29, 1.82) is 0 Å². The summed E-state index contributed by atoms with van der Waals surface area (Å²) in [5.74, 6) is 0.295. The third-order valence-corrected chi connectivity index (χ3v) is 2.98. The van der Waals surface area contributed by atoms with Gasteiger partial charge in [-0.1, -0.05) is 30.3 Å². The lowest BCUT2D eigenvalue weighted by Gasteiger charge is -2.09. The average molecular weight is 274 g/mol. The molecule has 4 heteroatoms. The van der Waals surface area contributed by atoms with Crippen molar-refractivity contribution >= 4 is 0 Å². The van der Waals surface area contributed by atoms with Crippen molar-refractivity contribution in [2.24, 2.45) is 0 Å². The van der Waals surface area contributed by atoms with Gasteiger partial charge in [-0.05, 0) is 17.7 Å². The van der Waals surface area contributed by atoms with Crippen molar-refractivity contribution in [3.63, 3.8) is 0 Å². The zero-order valence-electron chi connectivity index (χ0n) is 10.9. The smallest absolute Gasteiger partial charge is 0.168 e. The lowest BCUT2D eigenvalue weighted by Crippen LogP contribution is -2.04. The van der Waals surface area contributed by atoms with Gasteiger partial charge in [-0.2, -0.15) is 0 Å². The predicted octanol–water partition coefficient (Wildman–Crippen LogP) is 3.18. The molecule has 0 radical (unpaired) electrons. The SMILES string of the molecule is Fc1cc(OC[C@@H]2CO2)ccc1OCc1ccccc1. The van der Waals surface area contributed by atoms with Gasteiger partial charge in [-0.3, -0.25) is 0 Å². The molecule has 3 nitrogen and oxygen atoms in total. The second kappa shape index (κ2) is 5.92. The molecule has 1 saturated heterocycles. The van der Waals surface area contributed by atoms with Gasteiger partial charge in [0.05, 0.1) is 6.61 Å². The molecule has 1 fully saturated rings. The Labute approximate surface area is 116 Å². The van der Waals surface area contributed by atoms with Crippen LogP contribution in [0.25, 0.3) is 0 Å². The van der Waals surface area contributed by atoms with E-state index in [4.69, 9.17) is 14.2 Å². The highest BCUT2D eigenvalue weighted by Gasteiger charge is 2.23. The summed E-state index contributed by atoms with van der Waals surface area (Å²) < 4.78 is 29.8. The maximum absolute atomic E-state index is 13.9. The van der Waals surface area contributed by atoms with E-state index in [-0.39, 0.29) is 11.9 Å². The molecule has 0 aromatic heterocycles. The second-order valence-electron chi connectivity index (χ2n) is 4.63. The zero-order valence-corrected chi connectivity index (χ0v) is 10.9. The summed E-state index contributed by atoms with van der Waals surface area (Å²) in [4.78, 5) is 0. The molecule has 1 atom stereocenters. The van der Waals surface area contributed by atoms with Gasteiger partial charge in [0.1, 0.15) is 25.1 Å². The van der Waals surface area contributed by atoms with Crippen LogP contribution in [0.3, 0.4) is 0 Å². The highest BCUT2D eigenvalue weighted by atomic mass is 19.1. The molecule has 1 heterocycles. The van der Waals surface area contributed by atoms with Crippen molar-refractivity contribution in [3.05, 3.63) is 59.9 Å². The normalized spacial score (nSPS) is 16.8. The fourth-order valence-corrected chi connectivity index (χ4v) is 1.78. The third kappa shape index (κ3) is 3.48. The van der Waals surface area contributed by atoms with Crippen LogP contribution in [0.4, 0.5) is 4.39 Å². The standard InChI is InChI=1S/C16H15FO3/c17-15-8-13(18-10-14-11-19-14)6-7-16(15)20-9-12-4-2-1-3-5-12/h1-8,14H,9-11H2/t14-/m1/s1. The van der Waals surface area contributed by atoms with Crippen LogP contribution < -0.4 is 9.47 Å². The van der Waals surface area contributed by atoms with Gasteiger partial charge in [0.25, 0.3) is 0 Å². The molecule has 1 aliphatic heterocycles. The van der Waals surface area contributed by atoms with Gasteiger partial charge in [0.15, 0.2) is 11.6 Å². The summed E-state index contributed by atoms with van der Waals surface area (Å²) in [6.45, 7) is 1.53. The van der Waals surface area contributed by atoms with Gasteiger partial charge < -0.3 is 14.2 Å². The van der Waals surface area contributed by atoms with Gasteiger partial charge >= 0.3 is 0 Å². The maximum Gasteiger partial charge on any atom is 0.168 e. The van der Waals surface area contributed by atoms with E-state index in [9.17, 15) is 4.39 Å². The Morgan fingerprint density at radius 1 is 1.10 bits per heavy atom. The maximum atomic E-state index is 13.9. The van der Waals surface area contributed by atoms with E-state index in [1.54, 1.807) is 12.1 Å². The van der Waals surface area contributed by atoms with E-state index in [0.29, 0.717) is 19.0 Å². The van der Waals surface area contributed by atoms with Gasteiger partial charge in [0, 0.05) is 6.07 Å². The van der Waals surface area contributed by atoms with Crippen molar-refractivity contribution < 1.29 is 18.6 Å². The number of benzene rings is 2.